The lowest BCUT2D eigenvalue weighted by Crippen LogP contribution is -2.36. The van der Waals surface area contributed by atoms with Gasteiger partial charge in [-0.2, -0.15) is 10.4 Å². The first-order chi connectivity index (χ1) is 11.6. The van der Waals surface area contributed by atoms with E-state index in [0.29, 0.717) is 24.2 Å². The smallest absolute Gasteiger partial charge is 0.228 e. The van der Waals surface area contributed by atoms with Gasteiger partial charge in [0.05, 0.1) is 35.5 Å². The summed E-state index contributed by atoms with van der Waals surface area (Å²) in [5, 5.41) is 26.4. The number of amides is 1. The van der Waals surface area contributed by atoms with Crippen LogP contribution in [0.2, 0.25) is 0 Å². The van der Waals surface area contributed by atoms with Crippen molar-refractivity contribution >= 4 is 11.7 Å². The first-order valence-electron chi connectivity index (χ1n) is 8.16. The monoisotopic (exact) mass is 324 g/mol. The molecule has 6 nitrogen and oxygen atoms in total. The van der Waals surface area contributed by atoms with Crippen LogP contribution in [-0.4, -0.2) is 26.4 Å². The number of benzene rings is 1. The van der Waals surface area contributed by atoms with Crippen LogP contribution >= 0.6 is 0 Å². The Morgan fingerprint density at radius 2 is 1.96 bits per heavy atom. The van der Waals surface area contributed by atoms with Crippen LogP contribution in [0, 0.1) is 11.3 Å². The van der Waals surface area contributed by atoms with E-state index >= 15 is 0 Å². The largest absolute Gasteiger partial charge is 0.389 e. The summed E-state index contributed by atoms with van der Waals surface area (Å²) in [5.41, 5.74) is 0.434. The van der Waals surface area contributed by atoms with E-state index in [2.05, 4.69) is 16.5 Å². The lowest BCUT2D eigenvalue weighted by molar-refractivity contribution is -0.122. The molecule has 1 aliphatic rings. The summed E-state index contributed by atoms with van der Waals surface area (Å²) in [6, 6.07) is 10.7. The Bertz CT molecular complexity index is 752. The molecule has 1 aliphatic carbocycles. The lowest BCUT2D eigenvalue weighted by Gasteiger charge is -2.31. The quantitative estimate of drug-likeness (QED) is 0.904. The molecule has 1 aromatic heterocycles. The summed E-state index contributed by atoms with van der Waals surface area (Å²) in [5.74, 6) is 0.332. The van der Waals surface area contributed by atoms with Crippen molar-refractivity contribution in [2.75, 3.05) is 5.32 Å². The fourth-order valence-corrected chi connectivity index (χ4v) is 3.15. The van der Waals surface area contributed by atoms with Gasteiger partial charge in [-0.05, 0) is 37.1 Å². The summed E-state index contributed by atoms with van der Waals surface area (Å²) >= 11 is 0. The van der Waals surface area contributed by atoms with E-state index in [0.717, 1.165) is 24.9 Å². The second-order valence-electron chi connectivity index (χ2n) is 6.30. The minimum atomic E-state index is -0.887. The van der Waals surface area contributed by atoms with Crippen LogP contribution in [0.4, 0.5) is 5.82 Å². The highest BCUT2D eigenvalue weighted by atomic mass is 16.3. The highest BCUT2D eigenvalue weighted by Crippen LogP contribution is 2.31. The summed E-state index contributed by atoms with van der Waals surface area (Å²) in [6.45, 7) is 0. The average Bonchev–Trinajstić information content (AvgIpc) is 3.03. The van der Waals surface area contributed by atoms with E-state index in [4.69, 9.17) is 5.26 Å². The second-order valence-corrected chi connectivity index (χ2v) is 6.30. The highest BCUT2D eigenvalue weighted by molar-refractivity contribution is 5.90. The predicted octanol–water partition coefficient (Wildman–Crippen LogP) is 2.77. The van der Waals surface area contributed by atoms with Gasteiger partial charge in [-0.1, -0.05) is 19.3 Å². The average molecular weight is 324 g/mol. The van der Waals surface area contributed by atoms with Gasteiger partial charge in [0, 0.05) is 6.07 Å². The minimum Gasteiger partial charge on any atom is -0.389 e. The van der Waals surface area contributed by atoms with Gasteiger partial charge in [0.25, 0.3) is 0 Å². The number of hydrogen-bond donors (Lipinski definition) is 2. The second kappa shape index (κ2) is 6.85. The predicted molar refractivity (Wildman–Crippen MR) is 89.6 cm³/mol. The minimum absolute atomic E-state index is 0.103. The van der Waals surface area contributed by atoms with Gasteiger partial charge >= 0.3 is 0 Å². The molecule has 0 spiro atoms. The molecule has 0 aliphatic heterocycles. The van der Waals surface area contributed by atoms with Gasteiger partial charge < -0.3 is 10.4 Å². The third kappa shape index (κ3) is 3.63. The van der Waals surface area contributed by atoms with Gasteiger partial charge in [-0.3, -0.25) is 4.79 Å². The van der Waals surface area contributed by atoms with Crippen molar-refractivity contribution < 1.29 is 9.90 Å². The highest BCUT2D eigenvalue weighted by Gasteiger charge is 2.31. The van der Waals surface area contributed by atoms with Crippen molar-refractivity contribution in [1.82, 2.24) is 9.78 Å². The van der Waals surface area contributed by atoms with E-state index in [9.17, 15) is 9.90 Å². The SMILES string of the molecule is N#Cc1ccc(-n2nccc2NC(=O)CC2(O)CCCCC2)cc1. The Morgan fingerprint density at radius 3 is 2.62 bits per heavy atom. The van der Waals surface area contributed by atoms with Crippen molar-refractivity contribution in [3.8, 4) is 11.8 Å². The van der Waals surface area contributed by atoms with Crippen LogP contribution in [-0.2, 0) is 4.79 Å². The fraction of sp³-hybridized carbons (Fsp3) is 0.389. The number of carbonyl (C=O) groups is 1. The molecule has 0 radical (unpaired) electrons. The summed E-state index contributed by atoms with van der Waals surface area (Å²) in [7, 11) is 0. The van der Waals surface area contributed by atoms with Crippen LogP contribution in [0.25, 0.3) is 5.69 Å². The maximum Gasteiger partial charge on any atom is 0.228 e. The Hall–Kier alpha value is -2.65. The maximum absolute atomic E-state index is 12.3. The Balaban J connectivity index is 1.71. The number of nitriles is 1. The van der Waals surface area contributed by atoms with Gasteiger partial charge in [0.2, 0.25) is 5.91 Å². The van der Waals surface area contributed by atoms with E-state index < -0.39 is 5.60 Å². The standard InChI is InChI=1S/C18H20N4O2/c19-13-14-4-6-15(7-5-14)22-16(8-11-20-22)21-17(23)12-18(24)9-2-1-3-10-18/h4-8,11,24H,1-3,9-10,12H2,(H,21,23). The lowest BCUT2D eigenvalue weighted by atomic mass is 9.82. The number of aliphatic hydroxyl groups is 1. The molecule has 124 valence electrons. The molecule has 1 heterocycles. The Labute approximate surface area is 140 Å². The van der Waals surface area contributed by atoms with Gasteiger partial charge in [0.15, 0.2) is 0 Å². The van der Waals surface area contributed by atoms with E-state index in [1.807, 2.05) is 0 Å². The van der Waals surface area contributed by atoms with Crippen molar-refractivity contribution in [1.29, 1.82) is 5.26 Å². The Morgan fingerprint density at radius 1 is 1.25 bits per heavy atom. The number of rotatable bonds is 4. The van der Waals surface area contributed by atoms with E-state index in [1.165, 1.54) is 0 Å². The first-order valence-corrected chi connectivity index (χ1v) is 8.16. The third-order valence-corrected chi connectivity index (χ3v) is 4.43. The van der Waals surface area contributed by atoms with Crippen LogP contribution in [0.1, 0.15) is 44.1 Å². The molecule has 6 heteroatoms. The third-order valence-electron chi connectivity index (χ3n) is 4.43. The van der Waals surface area contributed by atoms with Gasteiger partial charge in [0.1, 0.15) is 5.82 Å². The normalized spacial score (nSPS) is 16.3. The van der Waals surface area contributed by atoms with Crippen LogP contribution in [0.5, 0.6) is 0 Å². The van der Waals surface area contributed by atoms with E-state index in [1.54, 1.807) is 41.2 Å². The van der Waals surface area contributed by atoms with Crippen LogP contribution < -0.4 is 5.32 Å². The number of anilines is 1. The summed E-state index contributed by atoms with van der Waals surface area (Å²) < 4.78 is 1.60. The molecular weight excluding hydrogens is 304 g/mol. The summed E-state index contributed by atoms with van der Waals surface area (Å²) in [4.78, 5) is 12.3. The van der Waals surface area contributed by atoms with Crippen molar-refractivity contribution in [3.63, 3.8) is 0 Å². The zero-order chi connectivity index (χ0) is 17.0. The van der Waals surface area contributed by atoms with Crippen LogP contribution in [0.3, 0.4) is 0 Å². The molecule has 1 saturated carbocycles. The zero-order valence-electron chi connectivity index (χ0n) is 13.4. The molecule has 0 saturated heterocycles. The van der Waals surface area contributed by atoms with Crippen LogP contribution in [0.15, 0.2) is 36.5 Å². The molecule has 2 N–H and O–H groups in total. The molecule has 0 unspecified atom stereocenters. The number of carbonyl (C=O) groups excluding carboxylic acids is 1. The molecule has 0 bridgehead atoms. The zero-order valence-corrected chi connectivity index (χ0v) is 13.4. The first kappa shape index (κ1) is 16.2. The molecular formula is C18H20N4O2. The van der Waals surface area contributed by atoms with E-state index in [-0.39, 0.29) is 12.3 Å². The number of nitrogens with one attached hydrogen (secondary N) is 1. The Kier molecular flexibility index (Phi) is 4.63. The molecule has 2 aromatic rings. The van der Waals surface area contributed by atoms with Gasteiger partial charge in [-0.15, -0.1) is 0 Å². The van der Waals surface area contributed by atoms with Crippen molar-refractivity contribution in [2.45, 2.75) is 44.1 Å². The molecule has 1 amide bonds. The molecule has 1 fully saturated rings. The molecule has 24 heavy (non-hydrogen) atoms. The molecule has 3 rings (SSSR count). The van der Waals surface area contributed by atoms with Gasteiger partial charge in [-0.25, -0.2) is 4.68 Å². The molecule has 0 atom stereocenters. The maximum atomic E-state index is 12.3. The topological polar surface area (TPSA) is 90.9 Å². The molecule has 1 aromatic carbocycles. The number of hydrogen-bond acceptors (Lipinski definition) is 4. The number of aromatic nitrogens is 2. The fourth-order valence-electron chi connectivity index (χ4n) is 3.15. The van der Waals surface area contributed by atoms with Crippen molar-refractivity contribution in [2.24, 2.45) is 0 Å². The summed E-state index contributed by atoms with van der Waals surface area (Å²) in [6.07, 6.45) is 6.11. The van der Waals surface area contributed by atoms with Crippen molar-refractivity contribution in [3.05, 3.63) is 42.1 Å². The number of nitrogens with zero attached hydrogens (tertiary/aromatic N) is 3.